The number of aliphatic hydroxyl groups is 2. The zero-order chi connectivity index (χ0) is 49.2. The molecule has 1 amide bonds. The number of unbranched alkanes of at least 4 members (excludes halogenated alkanes) is 29. The Labute approximate surface area is 423 Å². The molecule has 0 aliphatic heterocycles. The molecule has 0 aromatic rings. The largest absolute Gasteiger partial charge is 0.394 e. The summed E-state index contributed by atoms with van der Waals surface area (Å²) in [4.78, 5) is 12.5. The zero-order valence-electron chi connectivity index (χ0n) is 44.8. The average Bonchev–Trinajstić information content (AvgIpc) is 3.34. The van der Waals surface area contributed by atoms with Crippen LogP contribution < -0.4 is 5.32 Å². The number of carbonyl (C=O) groups excluding carboxylic acids is 1. The number of hydrogen-bond acceptors (Lipinski definition) is 3. The Kier molecular flexibility index (Phi) is 55.8. The first-order valence-corrected chi connectivity index (χ1v) is 29.1. The Balaban J connectivity index is 3.57. The number of nitrogens with one attached hydrogen (secondary N) is 1. The van der Waals surface area contributed by atoms with Gasteiger partial charge in [-0.25, -0.2) is 0 Å². The molecule has 4 nitrogen and oxygen atoms in total. The molecular weight excluding hydrogens is 831 g/mol. The van der Waals surface area contributed by atoms with Crippen molar-refractivity contribution in [1.82, 2.24) is 5.32 Å². The standard InChI is InChI=1S/C64H111NO3/c1-3-5-7-9-11-13-15-17-19-21-23-25-26-27-28-29-30-31-32-33-34-35-36-37-38-40-42-44-46-48-50-52-54-56-58-60-64(68)65-62(61-66)63(67)59-57-55-53-51-49-47-45-43-41-39-24-22-20-18-16-14-12-10-8-6-4-2/h5,7,11,13,17,19,23,25,27-28,30-31,33-34,49,51,57,59,62-63,66-67H,3-4,6,8-10,12,14-16,18,20-22,24,26,29,32,35-48,50,52-56,58,60-61H2,1-2H3,(H,65,68)/b7-5-,13-11-,19-17-,25-23-,28-27-,31-30-,34-33-,51-49+,59-57+. The van der Waals surface area contributed by atoms with Gasteiger partial charge in [-0.3, -0.25) is 4.79 Å². The molecule has 68 heavy (non-hydrogen) atoms. The van der Waals surface area contributed by atoms with Crippen molar-refractivity contribution in [2.45, 2.75) is 283 Å². The monoisotopic (exact) mass is 942 g/mol. The Hall–Kier alpha value is -2.95. The summed E-state index contributed by atoms with van der Waals surface area (Å²) in [5.74, 6) is -0.0773. The van der Waals surface area contributed by atoms with Crippen LogP contribution in [0.4, 0.5) is 0 Å². The summed E-state index contributed by atoms with van der Waals surface area (Å²) < 4.78 is 0. The minimum atomic E-state index is -0.869. The lowest BCUT2D eigenvalue weighted by Crippen LogP contribution is -2.45. The van der Waals surface area contributed by atoms with Crippen LogP contribution in [-0.2, 0) is 4.79 Å². The Morgan fingerprint density at radius 2 is 0.662 bits per heavy atom. The van der Waals surface area contributed by atoms with Gasteiger partial charge in [-0.05, 0) is 89.9 Å². The van der Waals surface area contributed by atoms with E-state index < -0.39 is 12.1 Å². The highest BCUT2D eigenvalue weighted by Crippen LogP contribution is 2.16. The normalized spacial score (nSPS) is 13.6. The second-order valence-electron chi connectivity index (χ2n) is 19.3. The lowest BCUT2D eigenvalue weighted by molar-refractivity contribution is -0.123. The minimum absolute atomic E-state index is 0.0773. The van der Waals surface area contributed by atoms with E-state index in [0.29, 0.717) is 6.42 Å². The molecule has 0 aromatic heterocycles. The second kappa shape index (κ2) is 58.4. The predicted octanol–water partition coefficient (Wildman–Crippen LogP) is 19.5. The third-order valence-corrected chi connectivity index (χ3v) is 12.7. The molecule has 3 N–H and O–H groups in total. The molecule has 4 heteroatoms. The fourth-order valence-electron chi connectivity index (χ4n) is 8.35. The average molecular weight is 943 g/mol. The van der Waals surface area contributed by atoms with E-state index in [4.69, 9.17) is 0 Å². The van der Waals surface area contributed by atoms with Gasteiger partial charge < -0.3 is 15.5 Å². The van der Waals surface area contributed by atoms with Crippen LogP contribution in [0.25, 0.3) is 0 Å². The van der Waals surface area contributed by atoms with Crippen molar-refractivity contribution in [3.8, 4) is 0 Å². The molecule has 2 atom stereocenters. The Morgan fingerprint density at radius 3 is 1.03 bits per heavy atom. The van der Waals surface area contributed by atoms with Gasteiger partial charge in [0.05, 0.1) is 18.8 Å². The number of aliphatic hydroxyl groups excluding tert-OH is 2. The molecule has 0 saturated carbocycles. The zero-order valence-corrected chi connectivity index (χ0v) is 44.8. The molecule has 2 unspecified atom stereocenters. The van der Waals surface area contributed by atoms with Crippen molar-refractivity contribution in [3.63, 3.8) is 0 Å². The van der Waals surface area contributed by atoms with E-state index >= 15 is 0 Å². The first-order valence-electron chi connectivity index (χ1n) is 29.1. The van der Waals surface area contributed by atoms with Gasteiger partial charge in [0.15, 0.2) is 0 Å². The molecule has 0 heterocycles. The van der Waals surface area contributed by atoms with Gasteiger partial charge in [0.25, 0.3) is 0 Å². The van der Waals surface area contributed by atoms with Crippen molar-refractivity contribution in [3.05, 3.63) is 109 Å². The van der Waals surface area contributed by atoms with Gasteiger partial charge in [-0.1, -0.05) is 284 Å². The first kappa shape index (κ1) is 65.0. The third kappa shape index (κ3) is 54.0. The van der Waals surface area contributed by atoms with Gasteiger partial charge in [-0.15, -0.1) is 0 Å². The number of allylic oxidation sites excluding steroid dienone is 17. The number of amides is 1. The van der Waals surface area contributed by atoms with Gasteiger partial charge in [0, 0.05) is 6.42 Å². The minimum Gasteiger partial charge on any atom is -0.394 e. The Bertz CT molecular complexity index is 1300. The van der Waals surface area contributed by atoms with E-state index in [2.05, 4.69) is 116 Å². The molecule has 0 fully saturated rings. The molecule has 0 bridgehead atoms. The van der Waals surface area contributed by atoms with Crippen LogP contribution in [0.2, 0.25) is 0 Å². The van der Waals surface area contributed by atoms with E-state index in [-0.39, 0.29) is 12.5 Å². The van der Waals surface area contributed by atoms with Gasteiger partial charge in [0.2, 0.25) is 5.91 Å². The molecule has 0 aromatic carbocycles. The molecule has 0 aliphatic rings. The van der Waals surface area contributed by atoms with Gasteiger partial charge in [0.1, 0.15) is 0 Å². The van der Waals surface area contributed by atoms with Gasteiger partial charge >= 0.3 is 0 Å². The molecule has 0 saturated heterocycles. The fraction of sp³-hybridized carbons (Fsp3) is 0.703. The number of hydrogen-bond donors (Lipinski definition) is 3. The lowest BCUT2D eigenvalue weighted by Gasteiger charge is -2.19. The van der Waals surface area contributed by atoms with E-state index in [9.17, 15) is 15.0 Å². The first-order chi connectivity index (χ1) is 33.7. The maximum Gasteiger partial charge on any atom is 0.220 e. The predicted molar refractivity (Wildman–Crippen MR) is 303 cm³/mol. The van der Waals surface area contributed by atoms with Crippen LogP contribution >= 0.6 is 0 Å². The maximum absolute atomic E-state index is 12.5. The molecule has 0 rings (SSSR count). The quantitative estimate of drug-likeness (QED) is 0.0420. The summed E-state index contributed by atoms with van der Waals surface area (Å²) in [6.07, 6.45) is 88.2. The molecule has 0 radical (unpaired) electrons. The molecular formula is C64H111NO3. The van der Waals surface area contributed by atoms with E-state index in [1.54, 1.807) is 6.08 Å². The Morgan fingerprint density at radius 1 is 0.368 bits per heavy atom. The number of carbonyl (C=O) groups is 1. The van der Waals surface area contributed by atoms with Crippen molar-refractivity contribution in [2.75, 3.05) is 6.61 Å². The summed E-state index contributed by atoms with van der Waals surface area (Å²) in [7, 11) is 0. The smallest absolute Gasteiger partial charge is 0.220 e. The van der Waals surface area contributed by atoms with E-state index in [1.807, 2.05) is 6.08 Å². The molecule has 0 aliphatic carbocycles. The summed E-state index contributed by atoms with van der Waals surface area (Å²) in [6.45, 7) is 4.19. The van der Waals surface area contributed by atoms with E-state index in [1.165, 1.54) is 173 Å². The maximum atomic E-state index is 12.5. The fourth-order valence-corrected chi connectivity index (χ4v) is 8.35. The lowest BCUT2D eigenvalue weighted by atomic mass is 10.0. The molecule has 390 valence electrons. The van der Waals surface area contributed by atoms with Crippen molar-refractivity contribution in [2.24, 2.45) is 0 Å². The topological polar surface area (TPSA) is 69.6 Å². The SMILES string of the molecule is CC/C=C\C/C=C\C/C=C\C/C=C\C/C=C\C/C=C\C/C=C\CCCCCCCCCCCCCCCC(=O)NC(CO)C(O)/C=C/CC/C=C/CCCCCCCCCCCCCCCCC. The highest BCUT2D eigenvalue weighted by molar-refractivity contribution is 5.76. The van der Waals surface area contributed by atoms with Crippen LogP contribution in [0.5, 0.6) is 0 Å². The van der Waals surface area contributed by atoms with Crippen LogP contribution in [0.1, 0.15) is 271 Å². The molecule has 0 spiro atoms. The van der Waals surface area contributed by atoms with Crippen molar-refractivity contribution < 1.29 is 15.0 Å². The van der Waals surface area contributed by atoms with Crippen LogP contribution in [0, 0.1) is 0 Å². The second-order valence-corrected chi connectivity index (χ2v) is 19.3. The van der Waals surface area contributed by atoms with Crippen LogP contribution in [0.15, 0.2) is 109 Å². The van der Waals surface area contributed by atoms with Crippen molar-refractivity contribution in [1.29, 1.82) is 0 Å². The summed E-state index contributed by atoms with van der Waals surface area (Å²) in [6, 6.07) is -0.647. The summed E-state index contributed by atoms with van der Waals surface area (Å²) in [5.41, 5.74) is 0. The van der Waals surface area contributed by atoms with Gasteiger partial charge in [-0.2, -0.15) is 0 Å². The summed E-state index contributed by atoms with van der Waals surface area (Å²) in [5, 5.41) is 23.2. The van der Waals surface area contributed by atoms with E-state index in [0.717, 1.165) is 77.0 Å². The highest BCUT2D eigenvalue weighted by atomic mass is 16.3. The van der Waals surface area contributed by atoms with Crippen LogP contribution in [0.3, 0.4) is 0 Å². The third-order valence-electron chi connectivity index (χ3n) is 12.7. The van der Waals surface area contributed by atoms with Crippen molar-refractivity contribution >= 4 is 5.91 Å². The highest BCUT2D eigenvalue weighted by Gasteiger charge is 2.18. The van der Waals surface area contributed by atoms with Crippen LogP contribution in [-0.4, -0.2) is 34.9 Å². The number of rotatable bonds is 52. The summed E-state index contributed by atoms with van der Waals surface area (Å²) >= 11 is 0.